The second kappa shape index (κ2) is 5.12. The summed E-state index contributed by atoms with van der Waals surface area (Å²) in [5.74, 6) is 0. The predicted octanol–water partition coefficient (Wildman–Crippen LogP) is 2.46. The van der Waals surface area contributed by atoms with Crippen LogP contribution in [0.2, 0.25) is 0 Å². The van der Waals surface area contributed by atoms with Crippen molar-refractivity contribution in [1.82, 2.24) is 5.32 Å². The molecule has 0 radical (unpaired) electrons. The van der Waals surface area contributed by atoms with Gasteiger partial charge in [-0.3, -0.25) is 0 Å². The van der Waals surface area contributed by atoms with Gasteiger partial charge in [0.25, 0.3) is 0 Å². The van der Waals surface area contributed by atoms with Crippen molar-refractivity contribution >= 4 is 11.3 Å². The van der Waals surface area contributed by atoms with Crippen LogP contribution in [0.15, 0.2) is 29.0 Å². The molecule has 0 saturated carbocycles. The van der Waals surface area contributed by atoms with E-state index < -0.39 is 0 Å². The van der Waals surface area contributed by atoms with Crippen molar-refractivity contribution in [2.45, 2.75) is 13.3 Å². The minimum absolute atomic E-state index is 0.935. The van der Waals surface area contributed by atoms with Crippen molar-refractivity contribution in [2.24, 2.45) is 0 Å². The van der Waals surface area contributed by atoms with Crippen LogP contribution in [0.1, 0.15) is 12.5 Å². The van der Waals surface area contributed by atoms with Gasteiger partial charge in [-0.05, 0) is 42.3 Å². The van der Waals surface area contributed by atoms with Gasteiger partial charge in [-0.25, -0.2) is 0 Å². The van der Waals surface area contributed by atoms with Gasteiger partial charge in [-0.15, -0.1) is 0 Å². The molecule has 1 heterocycles. The molecule has 66 valence electrons. The highest BCUT2D eigenvalue weighted by Crippen LogP contribution is 2.05. The van der Waals surface area contributed by atoms with E-state index in [0.29, 0.717) is 0 Å². The minimum atomic E-state index is 0.935. The lowest BCUT2D eigenvalue weighted by molar-refractivity contribution is 0.730. The third-order valence-corrected chi connectivity index (χ3v) is 2.33. The normalized spacial score (nSPS) is 10.1. The summed E-state index contributed by atoms with van der Waals surface area (Å²) in [7, 11) is 0. The average molecular weight is 181 g/mol. The molecule has 0 spiro atoms. The molecule has 1 rings (SSSR count). The van der Waals surface area contributed by atoms with Crippen molar-refractivity contribution in [3.63, 3.8) is 0 Å². The fourth-order valence-electron chi connectivity index (χ4n) is 0.969. The second-order valence-corrected chi connectivity index (χ2v) is 3.80. The maximum absolute atomic E-state index is 3.83. The molecule has 0 atom stereocenters. The summed E-state index contributed by atoms with van der Waals surface area (Å²) in [6, 6.07) is 2.17. The number of hydrogen-bond donors (Lipinski definition) is 1. The van der Waals surface area contributed by atoms with Crippen LogP contribution in [0.5, 0.6) is 0 Å². The Balaban J connectivity index is 2.07. The van der Waals surface area contributed by atoms with Crippen molar-refractivity contribution in [1.29, 1.82) is 0 Å². The van der Waals surface area contributed by atoms with Crippen LogP contribution in [0.4, 0.5) is 0 Å². The van der Waals surface area contributed by atoms with Crippen LogP contribution in [-0.2, 0) is 6.42 Å². The first-order valence-electron chi connectivity index (χ1n) is 4.15. The maximum Gasteiger partial charge on any atom is 0.0159 e. The first-order chi connectivity index (χ1) is 5.79. The number of hydrogen-bond acceptors (Lipinski definition) is 2. The van der Waals surface area contributed by atoms with Crippen LogP contribution < -0.4 is 5.32 Å². The van der Waals surface area contributed by atoms with Crippen molar-refractivity contribution < 1.29 is 0 Å². The van der Waals surface area contributed by atoms with Gasteiger partial charge in [0, 0.05) is 6.54 Å². The third kappa shape index (κ3) is 3.69. The Labute approximate surface area is 78.1 Å². The van der Waals surface area contributed by atoms with Gasteiger partial charge >= 0.3 is 0 Å². The molecule has 0 unspecified atom stereocenters. The standard InChI is InChI=1S/C10H15NS/c1-9(2)7-11-5-3-10-4-6-12-8-10/h4,6,8,11H,1,3,5,7H2,2H3. The summed E-state index contributed by atoms with van der Waals surface area (Å²) in [4.78, 5) is 0. The van der Waals surface area contributed by atoms with Crippen LogP contribution in [0.3, 0.4) is 0 Å². The van der Waals surface area contributed by atoms with Gasteiger partial charge in [0.05, 0.1) is 0 Å². The SMILES string of the molecule is C=C(C)CNCCc1ccsc1. The van der Waals surface area contributed by atoms with Gasteiger partial charge in [0.2, 0.25) is 0 Å². The lowest BCUT2D eigenvalue weighted by Gasteiger charge is -2.01. The van der Waals surface area contributed by atoms with Gasteiger partial charge in [0.1, 0.15) is 0 Å². The van der Waals surface area contributed by atoms with Crippen molar-refractivity contribution in [3.8, 4) is 0 Å². The Morgan fingerprint density at radius 2 is 2.50 bits per heavy atom. The maximum atomic E-state index is 3.83. The van der Waals surface area contributed by atoms with Crippen LogP contribution in [0, 0.1) is 0 Å². The molecule has 0 fully saturated rings. The van der Waals surface area contributed by atoms with E-state index in [4.69, 9.17) is 0 Å². The Morgan fingerprint density at radius 3 is 3.08 bits per heavy atom. The number of thiophene rings is 1. The van der Waals surface area contributed by atoms with Gasteiger partial charge in [-0.2, -0.15) is 11.3 Å². The Morgan fingerprint density at radius 1 is 1.67 bits per heavy atom. The monoisotopic (exact) mass is 181 g/mol. The molecule has 0 saturated heterocycles. The minimum Gasteiger partial charge on any atom is -0.313 e. The highest BCUT2D eigenvalue weighted by Gasteiger charge is 1.91. The summed E-state index contributed by atoms with van der Waals surface area (Å²) in [6.07, 6.45) is 1.12. The van der Waals surface area contributed by atoms with E-state index in [9.17, 15) is 0 Å². The molecule has 0 aromatic carbocycles. The van der Waals surface area contributed by atoms with Crippen molar-refractivity contribution in [3.05, 3.63) is 34.5 Å². The molecule has 1 aromatic heterocycles. The zero-order valence-electron chi connectivity index (χ0n) is 7.47. The fourth-order valence-corrected chi connectivity index (χ4v) is 1.67. The Bertz CT molecular complexity index is 226. The molecule has 0 aliphatic carbocycles. The number of nitrogens with one attached hydrogen (secondary N) is 1. The number of rotatable bonds is 5. The molecule has 1 aromatic rings. The van der Waals surface area contributed by atoms with Gasteiger partial charge in [0.15, 0.2) is 0 Å². The summed E-state index contributed by atoms with van der Waals surface area (Å²) in [6.45, 7) is 7.85. The zero-order chi connectivity index (χ0) is 8.81. The van der Waals surface area contributed by atoms with Crippen LogP contribution in [0.25, 0.3) is 0 Å². The molecule has 0 bridgehead atoms. The molecule has 12 heavy (non-hydrogen) atoms. The molecular weight excluding hydrogens is 166 g/mol. The largest absolute Gasteiger partial charge is 0.313 e. The van der Waals surface area contributed by atoms with E-state index in [1.165, 1.54) is 11.1 Å². The topological polar surface area (TPSA) is 12.0 Å². The smallest absolute Gasteiger partial charge is 0.0159 e. The van der Waals surface area contributed by atoms with Crippen LogP contribution >= 0.6 is 11.3 Å². The van der Waals surface area contributed by atoms with E-state index in [2.05, 4.69) is 28.7 Å². The van der Waals surface area contributed by atoms with Crippen LogP contribution in [-0.4, -0.2) is 13.1 Å². The summed E-state index contributed by atoms with van der Waals surface area (Å²) >= 11 is 1.76. The molecule has 1 N–H and O–H groups in total. The molecule has 1 nitrogen and oxygen atoms in total. The van der Waals surface area contributed by atoms with E-state index in [-0.39, 0.29) is 0 Å². The van der Waals surface area contributed by atoms with Gasteiger partial charge < -0.3 is 5.32 Å². The third-order valence-electron chi connectivity index (χ3n) is 1.60. The Kier molecular flexibility index (Phi) is 4.05. The molecule has 2 heteroatoms. The highest BCUT2D eigenvalue weighted by molar-refractivity contribution is 7.07. The zero-order valence-corrected chi connectivity index (χ0v) is 8.29. The molecule has 0 amide bonds. The lowest BCUT2D eigenvalue weighted by atomic mass is 10.2. The average Bonchev–Trinajstić information content (AvgIpc) is 2.49. The fraction of sp³-hybridized carbons (Fsp3) is 0.400. The van der Waals surface area contributed by atoms with E-state index in [0.717, 1.165) is 19.5 Å². The Hall–Kier alpha value is -0.600. The first-order valence-corrected chi connectivity index (χ1v) is 5.09. The summed E-state index contributed by atoms with van der Waals surface area (Å²) in [5, 5.41) is 7.64. The van der Waals surface area contributed by atoms with Gasteiger partial charge in [-0.1, -0.05) is 12.2 Å². The first kappa shape index (κ1) is 9.49. The van der Waals surface area contributed by atoms with E-state index >= 15 is 0 Å². The lowest BCUT2D eigenvalue weighted by Crippen LogP contribution is -2.18. The van der Waals surface area contributed by atoms with Crippen molar-refractivity contribution in [2.75, 3.05) is 13.1 Å². The highest BCUT2D eigenvalue weighted by atomic mass is 32.1. The summed E-state index contributed by atoms with van der Waals surface area (Å²) in [5.41, 5.74) is 2.62. The quantitative estimate of drug-likeness (QED) is 0.543. The summed E-state index contributed by atoms with van der Waals surface area (Å²) < 4.78 is 0. The predicted molar refractivity (Wildman–Crippen MR) is 55.7 cm³/mol. The van der Waals surface area contributed by atoms with E-state index in [1.807, 2.05) is 6.92 Å². The van der Waals surface area contributed by atoms with E-state index in [1.54, 1.807) is 11.3 Å². The molecule has 0 aliphatic heterocycles. The molecular formula is C10H15NS. The second-order valence-electron chi connectivity index (χ2n) is 3.02. The molecule has 0 aliphatic rings.